The van der Waals surface area contributed by atoms with Gasteiger partial charge in [0.25, 0.3) is 0 Å². The summed E-state index contributed by atoms with van der Waals surface area (Å²) in [5.74, 6) is 0.323. The Bertz CT molecular complexity index is 1460. The number of aliphatic hydroxyl groups excluding tert-OH is 1. The van der Waals surface area contributed by atoms with Crippen molar-refractivity contribution in [3.05, 3.63) is 91.0 Å². The standard InChI is InChI=1S/C37H45N3O4/c1-37(2)43-34-33(41)30(42-36(34)44-37)26-38-24-16-5-3-4-6-17-25-40-32(28-20-12-8-13-21-28)31(27-18-10-7-11-19-27)39-35(40)29-22-14-9-15-23-29/h7-15,18-23,30,33-34,36,38,41H,3-6,16-17,24-26H2,1-2H3/t30-,33+,34-,36-/m1/s1. The first kappa shape index (κ1) is 30.7. The average molecular weight is 596 g/mol. The normalized spacial score (nSPS) is 22.3. The van der Waals surface area contributed by atoms with Crippen molar-refractivity contribution in [3.8, 4) is 33.9 Å². The summed E-state index contributed by atoms with van der Waals surface area (Å²) in [5, 5.41) is 14.0. The minimum atomic E-state index is -0.701. The number of unbranched alkanes of at least 4 members (excludes halogenated alkanes) is 5. The van der Waals surface area contributed by atoms with Crippen LogP contribution < -0.4 is 5.32 Å². The van der Waals surface area contributed by atoms with Crippen molar-refractivity contribution in [3.63, 3.8) is 0 Å². The van der Waals surface area contributed by atoms with Gasteiger partial charge in [0.1, 0.15) is 24.1 Å². The Hall–Kier alpha value is -3.33. The van der Waals surface area contributed by atoms with Crippen LogP contribution in [0.5, 0.6) is 0 Å². The Balaban J connectivity index is 1.00. The summed E-state index contributed by atoms with van der Waals surface area (Å²) in [7, 11) is 0. The molecule has 0 amide bonds. The summed E-state index contributed by atoms with van der Waals surface area (Å²) in [6.07, 6.45) is 5.13. The zero-order valence-corrected chi connectivity index (χ0v) is 25.9. The van der Waals surface area contributed by atoms with Gasteiger partial charge in [-0.3, -0.25) is 0 Å². The Labute approximate surface area is 261 Å². The second kappa shape index (κ2) is 14.2. The van der Waals surface area contributed by atoms with Crippen molar-refractivity contribution in [1.29, 1.82) is 0 Å². The lowest BCUT2D eigenvalue weighted by Gasteiger charge is -2.23. The summed E-state index contributed by atoms with van der Waals surface area (Å²) in [4.78, 5) is 5.26. The van der Waals surface area contributed by atoms with E-state index in [1.807, 2.05) is 13.8 Å². The van der Waals surface area contributed by atoms with Crippen LogP contribution >= 0.6 is 0 Å². The molecule has 2 N–H and O–H groups in total. The zero-order chi connectivity index (χ0) is 30.4. The molecule has 44 heavy (non-hydrogen) atoms. The van der Waals surface area contributed by atoms with Gasteiger partial charge in [0.15, 0.2) is 12.1 Å². The second-order valence-electron chi connectivity index (χ2n) is 12.3. The van der Waals surface area contributed by atoms with Crippen LogP contribution in [0, 0.1) is 0 Å². The third-order valence-electron chi connectivity index (χ3n) is 8.54. The topological polar surface area (TPSA) is 77.8 Å². The third-order valence-corrected chi connectivity index (χ3v) is 8.54. The number of imidazole rings is 1. The predicted molar refractivity (Wildman–Crippen MR) is 174 cm³/mol. The number of rotatable bonds is 14. The summed E-state index contributed by atoms with van der Waals surface area (Å²) in [6.45, 7) is 6.13. The van der Waals surface area contributed by atoms with Crippen molar-refractivity contribution in [2.75, 3.05) is 13.1 Å². The van der Waals surface area contributed by atoms with Crippen LogP contribution in [0.25, 0.3) is 33.9 Å². The average Bonchev–Trinajstić information content (AvgIpc) is 3.67. The van der Waals surface area contributed by atoms with Crippen molar-refractivity contribution in [2.45, 2.75) is 89.3 Å². The molecule has 3 aromatic carbocycles. The molecule has 0 bridgehead atoms. The Kier molecular flexibility index (Phi) is 9.89. The van der Waals surface area contributed by atoms with Crippen LogP contribution in [0.3, 0.4) is 0 Å². The van der Waals surface area contributed by atoms with E-state index >= 15 is 0 Å². The van der Waals surface area contributed by atoms with Gasteiger partial charge in [-0.25, -0.2) is 4.98 Å². The number of hydrogen-bond donors (Lipinski definition) is 2. The van der Waals surface area contributed by atoms with E-state index < -0.39 is 24.3 Å². The molecule has 4 aromatic rings. The van der Waals surface area contributed by atoms with E-state index in [1.54, 1.807) is 0 Å². The molecule has 7 heteroatoms. The monoisotopic (exact) mass is 595 g/mol. The molecule has 2 aliphatic rings. The summed E-state index contributed by atoms with van der Waals surface area (Å²) in [6, 6.07) is 31.7. The van der Waals surface area contributed by atoms with Gasteiger partial charge in [-0.15, -0.1) is 0 Å². The summed E-state index contributed by atoms with van der Waals surface area (Å²) in [5.41, 5.74) is 5.69. The maximum absolute atomic E-state index is 10.5. The van der Waals surface area contributed by atoms with Crippen LogP contribution in [0.2, 0.25) is 0 Å². The fourth-order valence-electron chi connectivity index (χ4n) is 6.36. The van der Waals surface area contributed by atoms with Gasteiger partial charge in [-0.2, -0.15) is 0 Å². The summed E-state index contributed by atoms with van der Waals surface area (Å²) >= 11 is 0. The largest absolute Gasteiger partial charge is 0.387 e. The van der Waals surface area contributed by atoms with E-state index in [1.165, 1.54) is 36.9 Å². The molecular weight excluding hydrogens is 550 g/mol. The van der Waals surface area contributed by atoms with E-state index in [0.717, 1.165) is 48.6 Å². The highest BCUT2D eigenvalue weighted by molar-refractivity contribution is 5.82. The Morgan fingerprint density at radius 1 is 0.750 bits per heavy atom. The molecular formula is C37H45N3O4. The maximum Gasteiger partial charge on any atom is 0.190 e. The molecule has 1 aromatic heterocycles. The molecule has 2 aliphatic heterocycles. The van der Waals surface area contributed by atoms with Gasteiger partial charge in [-0.05, 0) is 33.2 Å². The van der Waals surface area contributed by atoms with Crippen LogP contribution in [-0.4, -0.2) is 58.1 Å². The molecule has 232 valence electrons. The minimum absolute atomic E-state index is 0.298. The quantitative estimate of drug-likeness (QED) is 0.152. The number of nitrogens with zero attached hydrogens (tertiary/aromatic N) is 2. The highest BCUT2D eigenvalue weighted by Gasteiger charge is 2.53. The van der Waals surface area contributed by atoms with Crippen LogP contribution in [0.4, 0.5) is 0 Å². The minimum Gasteiger partial charge on any atom is -0.387 e. The Morgan fingerprint density at radius 2 is 1.34 bits per heavy atom. The fourth-order valence-corrected chi connectivity index (χ4v) is 6.36. The maximum atomic E-state index is 10.5. The molecule has 0 aliphatic carbocycles. The van der Waals surface area contributed by atoms with Crippen molar-refractivity contribution >= 4 is 0 Å². The van der Waals surface area contributed by atoms with E-state index in [9.17, 15) is 5.11 Å². The Morgan fingerprint density at radius 3 is 2.00 bits per heavy atom. The molecule has 6 rings (SSSR count). The molecule has 0 unspecified atom stereocenters. The van der Waals surface area contributed by atoms with Gasteiger partial charge in [0, 0.05) is 29.8 Å². The van der Waals surface area contributed by atoms with Crippen LogP contribution in [-0.2, 0) is 20.8 Å². The molecule has 2 fully saturated rings. The molecule has 0 radical (unpaired) electrons. The van der Waals surface area contributed by atoms with E-state index in [-0.39, 0.29) is 6.10 Å². The highest BCUT2D eigenvalue weighted by Crippen LogP contribution is 2.38. The van der Waals surface area contributed by atoms with Crippen molar-refractivity contribution in [2.24, 2.45) is 0 Å². The van der Waals surface area contributed by atoms with E-state index in [4.69, 9.17) is 19.2 Å². The SMILES string of the molecule is CC1(C)O[C@H]2O[C@H](CNCCCCCCCCn3c(-c4ccccc4)nc(-c4ccccc4)c3-c3ccccc3)[C@H](O)[C@H]2O1. The van der Waals surface area contributed by atoms with Gasteiger partial charge < -0.3 is 29.2 Å². The number of fused-ring (bicyclic) bond motifs is 1. The first-order valence-corrected chi connectivity index (χ1v) is 16.2. The lowest BCUT2D eigenvalue weighted by Crippen LogP contribution is -2.40. The summed E-state index contributed by atoms with van der Waals surface area (Å²) < 4.78 is 19.8. The molecule has 7 nitrogen and oxygen atoms in total. The lowest BCUT2D eigenvalue weighted by molar-refractivity contribution is -0.214. The number of aliphatic hydroxyl groups is 1. The highest BCUT2D eigenvalue weighted by atomic mass is 16.8. The first-order valence-electron chi connectivity index (χ1n) is 16.2. The van der Waals surface area contributed by atoms with Crippen molar-refractivity contribution < 1.29 is 19.3 Å². The van der Waals surface area contributed by atoms with Crippen molar-refractivity contribution in [1.82, 2.24) is 14.9 Å². The van der Waals surface area contributed by atoms with E-state index in [2.05, 4.69) is 101 Å². The number of ether oxygens (including phenoxy) is 3. The van der Waals surface area contributed by atoms with Crippen LogP contribution in [0.1, 0.15) is 52.4 Å². The zero-order valence-electron chi connectivity index (χ0n) is 25.9. The first-order chi connectivity index (χ1) is 21.5. The van der Waals surface area contributed by atoms with Gasteiger partial charge >= 0.3 is 0 Å². The molecule has 0 spiro atoms. The molecule has 2 saturated heterocycles. The number of hydrogen-bond acceptors (Lipinski definition) is 6. The number of nitrogens with one attached hydrogen (secondary N) is 1. The lowest BCUT2D eigenvalue weighted by atomic mass is 10.0. The smallest absolute Gasteiger partial charge is 0.190 e. The van der Waals surface area contributed by atoms with Gasteiger partial charge in [-0.1, -0.05) is 117 Å². The second-order valence-corrected chi connectivity index (χ2v) is 12.3. The van der Waals surface area contributed by atoms with Gasteiger partial charge in [0.05, 0.1) is 11.4 Å². The number of benzene rings is 3. The third kappa shape index (κ3) is 7.14. The number of aromatic nitrogens is 2. The van der Waals surface area contributed by atoms with E-state index in [0.29, 0.717) is 6.54 Å². The molecule has 4 atom stereocenters. The molecule has 0 saturated carbocycles. The van der Waals surface area contributed by atoms with Crippen LogP contribution in [0.15, 0.2) is 91.0 Å². The van der Waals surface area contributed by atoms with Gasteiger partial charge in [0.2, 0.25) is 0 Å². The fraction of sp³-hybridized carbons (Fsp3) is 0.432. The predicted octanol–water partition coefficient (Wildman–Crippen LogP) is 7.05. The molecule has 3 heterocycles.